The van der Waals surface area contributed by atoms with Crippen molar-refractivity contribution in [3.05, 3.63) is 35.9 Å². The number of hydrogen-bond acceptors (Lipinski definition) is 0. The predicted molar refractivity (Wildman–Crippen MR) is 335 cm³/mol. The fourth-order valence-corrected chi connectivity index (χ4v) is 3.19. The van der Waals surface area contributed by atoms with Gasteiger partial charge in [-0.1, -0.05) is 396 Å². The third-order valence-corrected chi connectivity index (χ3v) is 8.73. The zero-order valence-corrected chi connectivity index (χ0v) is 55.9. The number of hydrogen-bond donors (Lipinski definition) is 0. The molecule has 0 spiro atoms. The molecule has 66 heavy (non-hydrogen) atoms. The highest BCUT2D eigenvalue weighted by Gasteiger charge is 2.17. The van der Waals surface area contributed by atoms with Gasteiger partial charge >= 0.3 is 0 Å². The lowest BCUT2D eigenvalue weighted by Gasteiger charge is -2.18. The van der Waals surface area contributed by atoms with Gasteiger partial charge in [0.15, 0.2) is 0 Å². The summed E-state index contributed by atoms with van der Waals surface area (Å²) in [4.78, 5) is 0. The third kappa shape index (κ3) is 209. The van der Waals surface area contributed by atoms with Crippen LogP contribution in [0.2, 0.25) is 0 Å². The van der Waals surface area contributed by atoms with Crippen LogP contribution in [0.4, 0.5) is 0 Å². The first-order chi connectivity index (χ1) is 31.7. The first-order valence-electron chi connectivity index (χ1n) is 30.8. The van der Waals surface area contributed by atoms with Crippen LogP contribution >= 0.6 is 0 Å². The van der Waals surface area contributed by atoms with Gasteiger partial charge in [0.05, 0.1) is 0 Å². The first kappa shape index (κ1) is 107. The van der Waals surface area contributed by atoms with Crippen molar-refractivity contribution < 1.29 is 0 Å². The van der Waals surface area contributed by atoms with Crippen molar-refractivity contribution in [1.82, 2.24) is 0 Å². The van der Waals surface area contributed by atoms with Gasteiger partial charge in [0.25, 0.3) is 0 Å². The molecule has 0 heterocycles. The third-order valence-electron chi connectivity index (χ3n) is 8.73. The standard InChI is InChI=1S/C8H16.C8H10.C6H14.C5H10.3C5H12.C4H10.10C2H6/c2*1-2-8-6-4-3-5-7-8;1-5-6(2,3)4;1-2-5-3-4-5;2*1-4-5(2)3;1-3-5-4-2;1-3-4-2;10*1-2/h8H,2-7H2,1H3;3-7H,2H2,1H3;5H2,1-4H3;5H,2-4H2,1H3;2*5H,4H2,1-3H3;3-5H2,1-2H3;3-4H2,1-2H3;10*1-2H3. The van der Waals surface area contributed by atoms with Crippen molar-refractivity contribution in [2.75, 3.05) is 0 Å². The normalized spacial score (nSPS) is 10.3. The molecule has 0 heteroatoms. The second-order valence-electron chi connectivity index (χ2n) is 15.5. The van der Waals surface area contributed by atoms with E-state index < -0.39 is 0 Å². The van der Waals surface area contributed by atoms with E-state index in [1.54, 1.807) is 0 Å². The van der Waals surface area contributed by atoms with E-state index in [9.17, 15) is 0 Å². The molecule has 1 aromatic carbocycles. The highest BCUT2D eigenvalue weighted by molar-refractivity contribution is 5.13. The zero-order valence-electron chi connectivity index (χ0n) is 55.9. The summed E-state index contributed by atoms with van der Waals surface area (Å²) < 4.78 is 0. The van der Waals surface area contributed by atoms with E-state index in [1.165, 1.54) is 115 Å². The van der Waals surface area contributed by atoms with Gasteiger partial charge in [-0.05, 0) is 41.1 Å². The molecule has 0 unspecified atom stereocenters. The van der Waals surface area contributed by atoms with Gasteiger partial charge in [-0.25, -0.2) is 0 Å². The van der Waals surface area contributed by atoms with Gasteiger partial charge in [0, 0.05) is 0 Å². The van der Waals surface area contributed by atoms with E-state index in [1.807, 2.05) is 145 Å². The van der Waals surface area contributed by atoms with Gasteiger partial charge in [-0.3, -0.25) is 0 Å². The van der Waals surface area contributed by atoms with Gasteiger partial charge < -0.3 is 0 Å². The molecule has 1 aromatic rings. The van der Waals surface area contributed by atoms with E-state index in [0.29, 0.717) is 5.41 Å². The molecule has 0 nitrogen and oxygen atoms in total. The van der Waals surface area contributed by atoms with Crippen LogP contribution in [0, 0.1) is 29.1 Å². The molecule has 2 aliphatic rings. The molecule has 2 fully saturated rings. The summed E-state index contributed by atoms with van der Waals surface area (Å²) in [6.45, 7) is 77.7. The average Bonchev–Trinajstić information content (AvgIpc) is 4.27. The highest BCUT2D eigenvalue weighted by atomic mass is 14.2. The Balaban J connectivity index is -0.0000000331. The molecule has 0 bridgehead atoms. The van der Waals surface area contributed by atoms with Crippen molar-refractivity contribution >= 4 is 0 Å². The number of benzene rings is 1. The fourth-order valence-electron chi connectivity index (χ4n) is 3.19. The monoisotopic (exact) mass is 949 g/mol. The minimum Gasteiger partial charge on any atom is -0.0683 e. The number of unbranched alkanes of at least 4 members (excludes halogenated alkanes) is 3. The SMILES string of the molecule is CC.CC.CC.CC.CC.CC.CC.CC.CC.CC.CCC(C)(C)C.CCC(C)C.CCC(C)C.CCC1CC1.CCC1CCCCC1.CCCC.CCCCC.CCc1ccccc1. The van der Waals surface area contributed by atoms with Crippen LogP contribution in [-0.2, 0) is 6.42 Å². The topological polar surface area (TPSA) is 0 Å². The summed E-state index contributed by atoms with van der Waals surface area (Å²) in [5.41, 5.74) is 1.95. The smallest absolute Gasteiger partial charge is 0.0307 e. The fraction of sp³-hybridized carbons (Fsp3) is 0.909. The van der Waals surface area contributed by atoms with Crippen LogP contribution in [0.25, 0.3) is 0 Å². The van der Waals surface area contributed by atoms with E-state index in [2.05, 4.69) is 142 Å². The maximum atomic E-state index is 2.32. The Bertz CT molecular complexity index is 565. The highest BCUT2D eigenvalue weighted by Crippen LogP contribution is 2.31. The minimum absolute atomic E-state index is 0.542. The van der Waals surface area contributed by atoms with Crippen LogP contribution in [0.3, 0.4) is 0 Å². The number of aryl methyl sites for hydroxylation is 1. The van der Waals surface area contributed by atoms with Crippen molar-refractivity contribution in [1.29, 1.82) is 0 Å². The van der Waals surface area contributed by atoms with E-state index >= 15 is 0 Å². The zero-order chi connectivity index (χ0) is 56.7. The Labute approximate surface area is 434 Å². The van der Waals surface area contributed by atoms with E-state index in [4.69, 9.17) is 0 Å². The largest absolute Gasteiger partial charge is 0.0683 e. The lowest BCUT2D eigenvalue weighted by Crippen LogP contribution is -2.03. The molecular weight excluding hydrogens is 793 g/mol. The molecular formula is C66H156. The summed E-state index contributed by atoms with van der Waals surface area (Å²) in [5, 5.41) is 0. The summed E-state index contributed by atoms with van der Waals surface area (Å²) >= 11 is 0. The molecule has 2 saturated carbocycles. The molecule has 3 rings (SSSR count). The molecule has 0 aliphatic heterocycles. The Morgan fingerprint density at radius 1 is 0.394 bits per heavy atom. The van der Waals surface area contributed by atoms with E-state index in [-0.39, 0.29) is 0 Å². The lowest BCUT2D eigenvalue weighted by atomic mass is 9.88. The van der Waals surface area contributed by atoms with Crippen molar-refractivity contribution in [3.8, 4) is 0 Å². The van der Waals surface area contributed by atoms with Crippen molar-refractivity contribution in [2.24, 2.45) is 29.1 Å². The number of rotatable bonds is 8. The van der Waals surface area contributed by atoms with Crippen LogP contribution in [0.15, 0.2) is 30.3 Å². The van der Waals surface area contributed by atoms with Crippen molar-refractivity contribution in [3.63, 3.8) is 0 Å². The molecule has 0 saturated heterocycles. The lowest BCUT2D eigenvalue weighted by molar-refractivity contribution is 0.349. The second-order valence-corrected chi connectivity index (χ2v) is 15.5. The van der Waals surface area contributed by atoms with Crippen LogP contribution in [0.1, 0.15) is 371 Å². The molecule has 2 aliphatic carbocycles. The molecule has 0 radical (unpaired) electrons. The summed E-state index contributed by atoms with van der Waals surface area (Å²) in [5.74, 6) is 3.99. The molecule has 420 valence electrons. The average molecular weight is 950 g/mol. The summed E-state index contributed by atoms with van der Waals surface area (Å²) in [7, 11) is 0. The predicted octanol–water partition coefficient (Wildman–Crippen LogP) is 27.8. The van der Waals surface area contributed by atoms with E-state index in [0.717, 1.165) is 30.1 Å². The van der Waals surface area contributed by atoms with Gasteiger partial charge in [0.2, 0.25) is 0 Å². The maximum absolute atomic E-state index is 2.32. The van der Waals surface area contributed by atoms with Crippen LogP contribution < -0.4 is 0 Å². The molecule has 0 amide bonds. The van der Waals surface area contributed by atoms with Gasteiger partial charge in [0.1, 0.15) is 0 Å². The second kappa shape index (κ2) is 137. The summed E-state index contributed by atoms with van der Waals surface area (Å²) in [6.07, 6.45) is 25.1. The van der Waals surface area contributed by atoms with Crippen LogP contribution in [0.5, 0.6) is 0 Å². The van der Waals surface area contributed by atoms with Crippen molar-refractivity contribution in [2.45, 2.75) is 372 Å². The summed E-state index contributed by atoms with van der Waals surface area (Å²) in [6, 6.07) is 10.5. The van der Waals surface area contributed by atoms with Gasteiger partial charge in [-0.2, -0.15) is 0 Å². The Morgan fingerprint density at radius 2 is 0.636 bits per heavy atom. The maximum Gasteiger partial charge on any atom is -0.0307 e. The quantitative estimate of drug-likeness (QED) is 0.244. The molecule has 0 atom stereocenters. The minimum atomic E-state index is 0.542. The Kier molecular flexibility index (Phi) is 222. The van der Waals surface area contributed by atoms with Crippen LogP contribution in [-0.4, -0.2) is 0 Å². The van der Waals surface area contributed by atoms with Gasteiger partial charge in [-0.15, -0.1) is 0 Å². The first-order valence-corrected chi connectivity index (χ1v) is 30.8. The Hall–Kier alpha value is -0.780. The molecule has 0 aromatic heterocycles. The molecule has 0 N–H and O–H groups in total. The Morgan fingerprint density at radius 3 is 0.727 bits per heavy atom.